The molecule has 0 bridgehead atoms. The van der Waals surface area contributed by atoms with E-state index in [1.165, 1.54) is 31.5 Å². The number of aromatic hydroxyl groups is 1. The number of methoxy groups -OCH3 is 1. The Hall–Kier alpha value is -3.26. The zero-order chi connectivity index (χ0) is 18.7. The van der Waals surface area contributed by atoms with Crippen LogP contribution in [0.3, 0.4) is 0 Å². The number of H-pyrrole nitrogens is 1. The van der Waals surface area contributed by atoms with Crippen LogP contribution in [-0.4, -0.2) is 28.0 Å². The van der Waals surface area contributed by atoms with E-state index in [9.17, 15) is 14.3 Å². The number of nitrogens with one attached hydrogen (secondary N) is 1. The van der Waals surface area contributed by atoms with E-state index < -0.39 is 17.3 Å². The lowest BCUT2D eigenvalue weighted by atomic mass is 10.2. The van der Waals surface area contributed by atoms with E-state index in [0.717, 1.165) is 4.57 Å². The first-order valence-corrected chi connectivity index (χ1v) is 7.93. The van der Waals surface area contributed by atoms with Crippen LogP contribution < -0.4 is 10.3 Å². The highest BCUT2D eigenvalue weighted by Crippen LogP contribution is 2.22. The molecule has 0 radical (unpaired) electrons. The lowest BCUT2D eigenvalue weighted by Crippen LogP contribution is -2.18. The smallest absolute Gasteiger partial charge is 0.264 e. The summed E-state index contributed by atoms with van der Waals surface area (Å²) in [4.78, 5) is 18.7. The van der Waals surface area contributed by atoms with Crippen LogP contribution in [0.2, 0.25) is 0 Å². The average Bonchev–Trinajstić information content (AvgIpc) is 2.63. The average molecular weight is 371 g/mol. The van der Waals surface area contributed by atoms with Gasteiger partial charge in [-0.2, -0.15) is 0 Å². The van der Waals surface area contributed by atoms with Crippen LogP contribution in [0.5, 0.6) is 11.6 Å². The first-order valence-electron chi connectivity index (χ1n) is 7.52. The quantitative estimate of drug-likeness (QED) is 0.543. The summed E-state index contributed by atoms with van der Waals surface area (Å²) in [6, 6.07) is 12.6. The number of nitrogens with zero attached hydrogens (tertiary/aromatic N) is 2. The lowest BCUT2D eigenvalue weighted by molar-refractivity contribution is 0.415. The maximum Gasteiger partial charge on any atom is 0.264 e. The molecular weight excluding hydrogens is 357 g/mol. The Balaban J connectivity index is 2.13. The van der Waals surface area contributed by atoms with Gasteiger partial charge in [-0.05, 0) is 36.5 Å². The number of ether oxygens (including phenoxy) is 1. The maximum absolute atomic E-state index is 14.1. The first-order chi connectivity index (χ1) is 12.5. The number of hydrogen-bond donors (Lipinski definition) is 2. The Bertz CT molecular complexity index is 1110. The second kappa shape index (κ2) is 7.32. The fourth-order valence-electron chi connectivity index (χ4n) is 2.34. The van der Waals surface area contributed by atoms with Crippen LogP contribution >= 0.6 is 12.2 Å². The van der Waals surface area contributed by atoms with Gasteiger partial charge >= 0.3 is 0 Å². The predicted octanol–water partition coefficient (Wildman–Crippen LogP) is 3.50. The van der Waals surface area contributed by atoms with Crippen LogP contribution in [0.15, 0.2) is 58.3 Å². The molecule has 0 aliphatic rings. The fraction of sp³-hybridized carbons (Fsp3) is 0.0556. The molecule has 1 aromatic heterocycles. The summed E-state index contributed by atoms with van der Waals surface area (Å²) in [5.41, 5.74) is -0.248. The number of aromatic nitrogens is 2. The second-order valence-electron chi connectivity index (χ2n) is 5.24. The van der Waals surface area contributed by atoms with Crippen LogP contribution in [0.4, 0.5) is 10.1 Å². The molecule has 0 saturated heterocycles. The van der Waals surface area contributed by atoms with E-state index in [-0.39, 0.29) is 16.0 Å². The van der Waals surface area contributed by atoms with Gasteiger partial charge in [0.05, 0.1) is 18.5 Å². The minimum Gasteiger partial charge on any atom is -0.497 e. The van der Waals surface area contributed by atoms with Gasteiger partial charge < -0.3 is 9.84 Å². The highest BCUT2D eigenvalue weighted by atomic mass is 32.1. The van der Waals surface area contributed by atoms with Gasteiger partial charge in [0.15, 0.2) is 4.77 Å². The molecule has 3 aromatic rings. The van der Waals surface area contributed by atoms with E-state index in [2.05, 4.69) is 9.98 Å². The molecule has 0 unspecified atom stereocenters. The van der Waals surface area contributed by atoms with Gasteiger partial charge in [-0.1, -0.05) is 18.2 Å². The Labute approximate surface area is 152 Å². The van der Waals surface area contributed by atoms with Crippen LogP contribution in [0.1, 0.15) is 5.56 Å². The molecule has 8 heteroatoms. The number of aromatic amines is 1. The van der Waals surface area contributed by atoms with Gasteiger partial charge in [-0.3, -0.25) is 19.3 Å². The van der Waals surface area contributed by atoms with Crippen LogP contribution in [0, 0.1) is 10.6 Å². The van der Waals surface area contributed by atoms with E-state index in [0.29, 0.717) is 11.4 Å². The molecule has 0 atom stereocenters. The largest absolute Gasteiger partial charge is 0.497 e. The fourth-order valence-corrected chi connectivity index (χ4v) is 2.62. The standard InChI is InChI=1S/C18H14FN3O3S/c1-25-12-6-4-5-11(9-12)20-10-13-16(23)21-18(26)22(17(13)24)15-8-3-2-7-14(15)19/h2-10,24H,1H3,(H,21,23,26). The van der Waals surface area contributed by atoms with Crippen molar-refractivity contribution in [3.63, 3.8) is 0 Å². The summed E-state index contributed by atoms with van der Waals surface area (Å²) < 4.78 is 20.1. The SMILES string of the molecule is COc1cccc(N=Cc2c(O)n(-c3ccccc3F)c(=S)[nH]c2=O)c1. The Kier molecular flexibility index (Phi) is 4.94. The molecule has 26 heavy (non-hydrogen) atoms. The zero-order valence-electron chi connectivity index (χ0n) is 13.6. The Morgan fingerprint density at radius 2 is 2.04 bits per heavy atom. The minimum absolute atomic E-state index is 0.0160. The molecule has 0 saturated carbocycles. The molecule has 0 fully saturated rings. The Morgan fingerprint density at radius 1 is 1.27 bits per heavy atom. The molecule has 6 nitrogen and oxygen atoms in total. The predicted molar refractivity (Wildman–Crippen MR) is 99.1 cm³/mol. The molecule has 132 valence electrons. The maximum atomic E-state index is 14.1. The van der Waals surface area contributed by atoms with Gasteiger partial charge in [-0.25, -0.2) is 4.39 Å². The summed E-state index contributed by atoms with van der Waals surface area (Å²) in [6.45, 7) is 0. The van der Waals surface area contributed by atoms with Crippen molar-refractivity contribution in [3.05, 3.63) is 75.0 Å². The third kappa shape index (κ3) is 3.40. The molecule has 1 heterocycles. The summed E-state index contributed by atoms with van der Waals surface area (Å²) in [7, 11) is 1.53. The van der Waals surface area contributed by atoms with Gasteiger partial charge in [0.1, 0.15) is 17.1 Å². The van der Waals surface area contributed by atoms with E-state index in [1.54, 1.807) is 30.3 Å². The highest BCUT2D eigenvalue weighted by Gasteiger charge is 2.14. The van der Waals surface area contributed by atoms with Gasteiger partial charge in [0, 0.05) is 12.3 Å². The van der Waals surface area contributed by atoms with Crippen LogP contribution in [0.25, 0.3) is 5.69 Å². The number of aliphatic imine (C=N–C) groups is 1. The van der Waals surface area contributed by atoms with Gasteiger partial charge in [0.25, 0.3) is 5.56 Å². The summed E-state index contributed by atoms with van der Waals surface area (Å²) >= 11 is 5.06. The van der Waals surface area contributed by atoms with Crippen molar-refractivity contribution in [1.29, 1.82) is 0 Å². The zero-order valence-corrected chi connectivity index (χ0v) is 14.5. The van der Waals surface area contributed by atoms with E-state index in [1.807, 2.05) is 0 Å². The summed E-state index contributed by atoms with van der Waals surface area (Å²) in [5, 5.41) is 10.5. The molecule has 0 amide bonds. The topological polar surface area (TPSA) is 79.6 Å². The van der Waals surface area contributed by atoms with Crippen molar-refractivity contribution in [1.82, 2.24) is 9.55 Å². The van der Waals surface area contributed by atoms with Crippen molar-refractivity contribution >= 4 is 24.1 Å². The van der Waals surface area contributed by atoms with Gasteiger partial charge in [-0.15, -0.1) is 0 Å². The molecule has 2 N–H and O–H groups in total. The van der Waals surface area contributed by atoms with Crippen LogP contribution in [-0.2, 0) is 0 Å². The molecule has 0 aliphatic heterocycles. The van der Waals surface area contributed by atoms with E-state index >= 15 is 0 Å². The van der Waals surface area contributed by atoms with Gasteiger partial charge in [0.2, 0.25) is 5.88 Å². The van der Waals surface area contributed by atoms with Crippen molar-refractivity contribution in [2.75, 3.05) is 7.11 Å². The monoisotopic (exact) mass is 371 g/mol. The Morgan fingerprint density at radius 3 is 2.77 bits per heavy atom. The van der Waals surface area contributed by atoms with Crippen molar-refractivity contribution in [2.45, 2.75) is 0 Å². The second-order valence-corrected chi connectivity index (χ2v) is 5.63. The van der Waals surface area contributed by atoms with E-state index in [4.69, 9.17) is 17.0 Å². The third-order valence-electron chi connectivity index (χ3n) is 3.61. The number of para-hydroxylation sites is 1. The minimum atomic E-state index is -0.633. The summed E-state index contributed by atoms with van der Waals surface area (Å²) in [6.07, 6.45) is 1.19. The lowest BCUT2D eigenvalue weighted by Gasteiger charge is -2.11. The molecule has 2 aromatic carbocycles. The molecule has 0 spiro atoms. The van der Waals surface area contributed by atoms with Crippen molar-refractivity contribution in [2.24, 2.45) is 4.99 Å². The number of hydrogen-bond acceptors (Lipinski definition) is 5. The van der Waals surface area contributed by atoms with Crippen molar-refractivity contribution in [3.8, 4) is 17.3 Å². The normalized spacial score (nSPS) is 11.0. The number of benzene rings is 2. The number of halogens is 1. The molecular formula is C18H14FN3O3S. The summed E-state index contributed by atoms with van der Waals surface area (Å²) in [5.74, 6) is -0.503. The third-order valence-corrected chi connectivity index (χ3v) is 3.89. The molecule has 0 aliphatic carbocycles. The first kappa shape index (κ1) is 17.6. The van der Waals surface area contributed by atoms with Crippen molar-refractivity contribution < 1.29 is 14.2 Å². The highest BCUT2D eigenvalue weighted by molar-refractivity contribution is 7.71. The number of rotatable bonds is 4. The molecule has 3 rings (SSSR count).